The molecule has 140 valence electrons. The van der Waals surface area contributed by atoms with Crippen LogP contribution in [0.3, 0.4) is 0 Å². The molecule has 1 atom stereocenters. The number of hydrogen-bond donors (Lipinski definition) is 1. The van der Waals surface area contributed by atoms with Crippen molar-refractivity contribution in [2.45, 2.75) is 17.3 Å². The molecule has 1 aromatic carbocycles. The quantitative estimate of drug-likeness (QED) is 0.521. The summed E-state index contributed by atoms with van der Waals surface area (Å²) in [6.07, 6.45) is 3.34. The van der Waals surface area contributed by atoms with E-state index in [9.17, 15) is 4.79 Å². The van der Waals surface area contributed by atoms with Crippen LogP contribution in [-0.2, 0) is 7.05 Å². The highest BCUT2D eigenvalue weighted by Crippen LogP contribution is 2.34. The second-order valence-corrected chi connectivity index (χ2v) is 7.62. The van der Waals surface area contributed by atoms with Gasteiger partial charge in [-0.2, -0.15) is 0 Å². The van der Waals surface area contributed by atoms with Crippen LogP contribution >= 0.6 is 11.8 Å². The van der Waals surface area contributed by atoms with Crippen LogP contribution < -0.4 is 5.32 Å². The van der Waals surface area contributed by atoms with E-state index in [1.165, 1.54) is 0 Å². The summed E-state index contributed by atoms with van der Waals surface area (Å²) in [4.78, 5) is 21.2. The molecule has 4 rings (SSSR count). The van der Waals surface area contributed by atoms with Gasteiger partial charge in [-0.15, -0.1) is 10.2 Å². The third-order valence-electron chi connectivity index (χ3n) is 4.26. The number of fused-ring (bicyclic) bond motifs is 1. The van der Waals surface area contributed by atoms with E-state index < -0.39 is 0 Å². The van der Waals surface area contributed by atoms with Crippen molar-refractivity contribution in [3.8, 4) is 0 Å². The average Bonchev–Trinajstić information content (AvgIpc) is 3.12. The Balaban J connectivity index is 1.50. The molecule has 0 fully saturated rings. The van der Waals surface area contributed by atoms with Gasteiger partial charge in [-0.3, -0.25) is 4.79 Å². The fourth-order valence-electron chi connectivity index (χ4n) is 2.75. The van der Waals surface area contributed by atoms with Gasteiger partial charge in [0.25, 0.3) is 5.91 Å². The number of anilines is 1. The third-order valence-corrected chi connectivity index (χ3v) is 5.47. The zero-order valence-corrected chi connectivity index (χ0v) is 16.2. The molecule has 0 bridgehead atoms. The van der Waals surface area contributed by atoms with Crippen LogP contribution in [0.1, 0.15) is 28.2 Å². The number of carbonyl (C=O) groups is 1. The molecule has 4 aromatic rings. The van der Waals surface area contributed by atoms with Crippen molar-refractivity contribution >= 4 is 34.4 Å². The van der Waals surface area contributed by atoms with E-state index in [0.717, 1.165) is 21.8 Å². The van der Waals surface area contributed by atoms with E-state index in [-0.39, 0.29) is 11.2 Å². The first-order valence-electron chi connectivity index (χ1n) is 8.74. The molecular formula is C20H18N6OS. The van der Waals surface area contributed by atoms with E-state index in [2.05, 4.69) is 32.4 Å². The van der Waals surface area contributed by atoms with Gasteiger partial charge in [-0.25, -0.2) is 9.97 Å². The van der Waals surface area contributed by atoms with Gasteiger partial charge in [-0.1, -0.05) is 23.9 Å². The van der Waals surface area contributed by atoms with Crippen molar-refractivity contribution < 1.29 is 4.79 Å². The number of benzene rings is 1. The monoisotopic (exact) mass is 390 g/mol. The zero-order chi connectivity index (χ0) is 19.5. The largest absolute Gasteiger partial charge is 0.321 e. The summed E-state index contributed by atoms with van der Waals surface area (Å²) in [7, 11) is 1.91. The zero-order valence-electron chi connectivity index (χ0n) is 15.4. The highest BCUT2D eigenvalue weighted by molar-refractivity contribution is 7.99. The summed E-state index contributed by atoms with van der Waals surface area (Å²) in [5.41, 5.74) is 2.69. The SMILES string of the molecule is CC(Sc1nncn1C)c1cccc(NC(=O)c2ccc3cccnc3n2)c1. The number of thioether (sulfide) groups is 1. The second kappa shape index (κ2) is 7.77. The Kier molecular flexibility index (Phi) is 5.03. The first-order valence-corrected chi connectivity index (χ1v) is 9.62. The first-order chi connectivity index (χ1) is 13.6. The van der Waals surface area contributed by atoms with Crippen LogP contribution in [0.15, 0.2) is 66.2 Å². The fraction of sp³-hybridized carbons (Fsp3) is 0.150. The highest BCUT2D eigenvalue weighted by Gasteiger charge is 2.13. The molecule has 0 aliphatic heterocycles. The molecule has 0 spiro atoms. The molecule has 28 heavy (non-hydrogen) atoms. The van der Waals surface area contributed by atoms with Crippen LogP contribution in [-0.4, -0.2) is 30.6 Å². The second-order valence-electron chi connectivity index (χ2n) is 6.31. The van der Waals surface area contributed by atoms with Crippen LogP contribution in [0, 0.1) is 0 Å². The van der Waals surface area contributed by atoms with E-state index in [0.29, 0.717) is 11.3 Å². The van der Waals surface area contributed by atoms with Gasteiger partial charge in [0, 0.05) is 29.6 Å². The minimum absolute atomic E-state index is 0.155. The van der Waals surface area contributed by atoms with Crippen LogP contribution in [0.2, 0.25) is 0 Å². The molecule has 3 heterocycles. The fourth-order valence-corrected chi connectivity index (χ4v) is 3.66. The number of amides is 1. The van der Waals surface area contributed by atoms with E-state index in [1.807, 2.05) is 54.1 Å². The molecule has 0 saturated carbocycles. The minimum atomic E-state index is -0.265. The highest BCUT2D eigenvalue weighted by atomic mass is 32.2. The standard InChI is InChI=1S/C20H18N6OS/c1-13(28-20-25-22-12-26(20)2)15-5-3-7-16(11-15)23-19(27)17-9-8-14-6-4-10-21-18(14)24-17/h3-13H,1-2H3,(H,23,27). The molecule has 0 aliphatic carbocycles. The summed E-state index contributed by atoms with van der Waals surface area (Å²) in [5, 5.41) is 12.8. The van der Waals surface area contributed by atoms with Gasteiger partial charge in [0.1, 0.15) is 12.0 Å². The molecular weight excluding hydrogens is 372 g/mol. The van der Waals surface area contributed by atoms with Crippen LogP contribution in [0.4, 0.5) is 5.69 Å². The maximum Gasteiger partial charge on any atom is 0.274 e. The van der Waals surface area contributed by atoms with Gasteiger partial charge >= 0.3 is 0 Å². The Morgan fingerprint density at radius 3 is 2.89 bits per heavy atom. The Labute approximate surface area is 166 Å². The number of pyridine rings is 2. The van der Waals surface area contributed by atoms with Crippen molar-refractivity contribution in [3.63, 3.8) is 0 Å². The smallest absolute Gasteiger partial charge is 0.274 e. The summed E-state index contributed by atoms with van der Waals surface area (Å²) in [6.45, 7) is 2.09. The van der Waals surface area contributed by atoms with Gasteiger partial charge in [0.2, 0.25) is 0 Å². The molecule has 0 saturated heterocycles. The molecule has 0 aliphatic rings. The number of nitrogens with one attached hydrogen (secondary N) is 1. The van der Waals surface area contributed by atoms with Gasteiger partial charge in [0.05, 0.1) is 0 Å². The maximum atomic E-state index is 12.6. The Bertz CT molecular complexity index is 1140. The lowest BCUT2D eigenvalue weighted by atomic mass is 10.1. The van der Waals surface area contributed by atoms with Gasteiger partial charge < -0.3 is 9.88 Å². The molecule has 1 N–H and O–H groups in total. The van der Waals surface area contributed by atoms with Crippen molar-refractivity contribution in [3.05, 3.63) is 72.3 Å². The number of hydrogen-bond acceptors (Lipinski definition) is 6. The number of aromatic nitrogens is 5. The predicted octanol–water partition coefficient (Wildman–Crippen LogP) is 3.86. The first kappa shape index (κ1) is 18.1. The summed E-state index contributed by atoms with van der Waals surface area (Å²) in [5.74, 6) is -0.265. The molecule has 1 unspecified atom stereocenters. The number of aryl methyl sites for hydroxylation is 1. The van der Waals surface area contributed by atoms with Crippen molar-refractivity contribution in [1.29, 1.82) is 0 Å². The minimum Gasteiger partial charge on any atom is -0.321 e. The van der Waals surface area contributed by atoms with E-state index >= 15 is 0 Å². The molecule has 3 aromatic heterocycles. The van der Waals surface area contributed by atoms with Gasteiger partial charge in [-0.05, 0) is 48.9 Å². The average molecular weight is 390 g/mol. The van der Waals surface area contributed by atoms with E-state index in [1.54, 1.807) is 30.4 Å². The number of nitrogens with zero attached hydrogens (tertiary/aromatic N) is 5. The summed E-state index contributed by atoms with van der Waals surface area (Å²) in [6, 6.07) is 15.1. The Hall–Kier alpha value is -3.26. The van der Waals surface area contributed by atoms with Crippen molar-refractivity contribution in [2.75, 3.05) is 5.32 Å². The van der Waals surface area contributed by atoms with Crippen LogP contribution in [0.5, 0.6) is 0 Å². The summed E-state index contributed by atoms with van der Waals surface area (Å²) < 4.78 is 1.88. The lowest BCUT2D eigenvalue weighted by Gasteiger charge is -2.13. The molecule has 8 heteroatoms. The Morgan fingerprint density at radius 2 is 2.07 bits per heavy atom. The lowest BCUT2D eigenvalue weighted by molar-refractivity contribution is 0.102. The van der Waals surface area contributed by atoms with Crippen molar-refractivity contribution in [2.24, 2.45) is 7.05 Å². The molecule has 7 nitrogen and oxygen atoms in total. The lowest BCUT2D eigenvalue weighted by Crippen LogP contribution is -2.14. The third kappa shape index (κ3) is 3.86. The Morgan fingerprint density at radius 1 is 1.18 bits per heavy atom. The predicted molar refractivity (Wildman–Crippen MR) is 109 cm³/mol. The maximum absolute atomic E-state index is 12.6. The van der Waals surface area contributed by atoms with E-state index in [4.69, 9.17) is 0 Å². The van der Waals surface area contributed by atoms with Crippen molar-refractivity contribution in [1.82, 2.24) is 24.7 Å². The molecule has 1 amide bonds. The number of carbonyl (C=O) groups excluding carboxylic acids is 1. The summed E-state index contributed by atoms with van der Waals surface area (Å²) >= 11 is 1.61. The topological polar surface area (TPSA) is 85.6 Å². The van der Waals surface area contributed by atoms with Gasteiger partial charge in [0.15, 0.2) is 10.8 Å². The molecule has 0 radical (unpaired) electrons. The number of rotatable bonds is 5. The normalized spacial score (nSPS) is 12.1. The van der Waals surface area contributed by atoms with Crippen LogP contribution in [0.25, 0.3) is 11.0 Å².